The van der Waals surface area contributed by atoms with Gasteiger partial charge in [-0.05, 0) is 47.7 Å². The molecule has 36 heavy (non-hydrogen) atoms. The second-order valence-electron chi connectivity index (χ2n) is 9.35. The molecule has 0 radical (unpaired) electrons. The predicted octanol–water partition coefficient (Wildman–Crippen LogP) is 3.91. The van der Waals surface area contributed by atoms with Crippen LogP contribution in [-0.2, 0) is 4.74 Å². The number of carbonyl (C=O) groups is 1. The van der Waals surface area contributed by atoms with Crippen molar-refractivity contribution in [2.45, 2.75) is 26.2 Å². The highest BCUT2D eigenvalue weighted by Crippen LogP contribution is 2.34. The van der Waals surface area contributed by atoms with Gasteiger partial charge >= 0.3 is 6.03 Å². The number of hydrogen-bond acceptors (Lipinski definition) is 6. The monoisotopic (exact) mass is 508 g/mol. The quantitative estimate of drug-likeness (QED) is 0.615. The van der Waals surface area contributed by atoms with Crippen molar-refractivity contribution in [2.24, 2.45) is 5.92 Å². The van der Waals surface area contributed by atoms with E-state index in [1.807, 2.05) is 11.0 Å². The number of amides is 2. The third kappa shape index (κ3) is 6.19. The number of nitrogens with one attached hydrogen (secondary N) is 1. The maximum atomic E-state index is 14.9. The Morgan fingerprint density at radius 2 is 2.03 bits per heavy atom. The van der Waals surface area contributed by atoms with Gasteiger partial charge in [0.05, 0.1) is 32.1 Å². The number of aliphatic hydroxyl groups excluding tert-OH is 1. The van der Waals surface area contributed by atoms with Crippen molar-refractivity contribution in [3.05, 3.63) is 35.6 Å². The lowest BCUT2D eigenvalue weighted by atomic mass is 9.97. The molecule has 2 aliphatic heterocycles. The van der Waals surface area contributed by atoms with Crippen molar-refractivity contribution in [2.75, 3.05) is 62.8 Å². The number of carbonyl (C=O) groups excluding carboxylic acids is 1. The highest BCUT2D eigenvalue weighted by Gasteiger charge is 2.40. The summed E-state index contributed by atoms with van der Waals surface area (Å²) in [6.45, 7) is 5.11. The minimum Gasteiger partial charge on any atom is -0.475 e. The largest absolute Gasteiger partial charge is 0.475 e. The van der Waals surface area contributed by atoms with Crippen LogP contribution in [0.2, 0.25) is 0 Å². The zero-order valence-electron chi connectivity index (χ0n) is 20.4. The first-order valence-corrected chi connectivity index (χ1v) is 12.0. The maximum absolute atomic E-state index is 14.9. The Hall–Kier alpha value is -3.05. The molecule has 0 saturated carbocycles. The molecule has 3 heterocycles. The van der Waals surface area contributed by atoms with Crippen LogP contribution in [0, 0.1) is 18.7 Å². The summed E-state index contributed by atoms with van der Waals surface area (Å²) < 4.78 is 53.8. The van der Waals surface area contributed by atoms with Crippen LogP contribution in [0.15, 0.2) is 24.3 Å². The Labute approximate surface area is 208 Å². The minimum atomic E-state index is -2.98. The molecule has 2 fully saturated rings. The molecule has 2 N–H and O–H groups in total. The van der Waals surface area contributed by atoms with Crippen LogP contribution >= 0.6 is 0 Å². The molecule has 1 aromatic heterocycles. The number of rotatable bonds is 6. The molecule has 11 heteroatoms. The van der Waals surface area contributed by atoms with Gasteiger partial charge in [-0.2, -0.15) is 4.98 Å². The summed E-state index contributed by atoms with van der Waals surface area (Å²) in [5, 5.41) is 11.6. The first-order chi connectivity index (χ1) is 17.1. The lowest BCUT2D eigenvalue weighted by Crippen LogP contribution is -2.50. The number of morpholine rings is 1. The summed E-state index contributed by atoms with van der Waals surface area (Å²) in [4.78, 5) is 20.4. The number of urea groups is 1. The van der Waals surface area contributed by atoms with Gasteiger partial charge in [0, 0.05) is 32.1 Å². The molecule has 1 atom stereocenters. The van der Waals surface area contributed by atoms with Gasteiger partial charge in [-0.15, -0.1) is 0 Å². The van der Waals surface area contributed by atoms with Crippen molar-refractivity contribution < 1.29 is 32.5 Å². The summed E-state index contributed by atoms with van der Waals surface area (Å²) in [6, 6.07) is 5.53. The highest BCUT2D eigenvalue weighted by atomic mass is 19.3. The normalized spacial score (nSPS) is 19.8. The molecule has 4 rings (SSSR count). The minimum absolute atomic E-state index is 0.0571. The van der Waals surface area contributed by atoms with Crippen molar-refractivity contribution in [3.8, 4) is 17.0 Å². The third-order valence-electron chi connectivity index (χ3n) is 6.22. The Morgan fingerprint density at radius 1 is 1.28 bits per heavy atom. The van der Waals surface area contributed by atoms with Crippen LogP contribution in [0.5, 0.6) is 5.88 Å². The van der Waals surface area contributed by atoms with Crippen molar-refractivity contribution in [3.63, 3.8) is 0 Å². The van der Waals surface area contributed by atoms with Gasteiger partial charge in [0.15, 0.2) is 0 Å². The molecule has 2 amide bonds. The number of likely N-dealkylation sites (tertiary alicyclic amines) is 1. The predicted molar refractivity (Wildman–Crippen MR) is 129 cm³/mol. The molecule has 1 unspecified atom stereocenters. The second kappa shape index (κ2) is 10.9. The molecular formula is C25H31F3N4O4. The van der Waals surface area contributed by atoms with Gasteiger partial charge in [0.2, 0.25) is 5.88 Å². The number of aromatic nitrogens is 1. The standard InChI is InChI=1S/C25H31F3N4O4/c1-16-13-25(27,28)15-32(14-16)24(34)29-21-12-19(17(2)9-20(21)26)18-10-22(31-3-6-35-7-4-31)30-23(11-18)36-8-5-33/h9-12,16,33H,3-8,13-15H2,1-2H3,(H,29,34). The highest BCUT2D eigenvalue weighted by molar-refractivity contribution is 5.91. The second-order valence-corrected chi connectivity index (χ2v) is 9.35. The zero-order chi connectivity index (χ0) is 25.9. The SMILES string of the molecule is Cc1cc(F)c(NC(=O)N2CC(C)CC(F)(F)C2)cc1-c1cc(OCCO)nc(N2CCOCC2)c1. The smallest absolute Gasteiger partial charge is 0.322 e. The number of nitrogens with zero attached hydrogens (tertiary/aromatic N) is 3. The van der Waals surface area contributed by atoms with Gasteiger partial charge in [-0.25, -0.2) is 18.0 Å². The molecular weight excluding hydrogens is 477 g/mol. The fraction of sp³-hybridized carbons (Fsp3) is 0.520. The Kier molecular flexibility index (Phi) is 7.89. The maximum Gasteiger partial charge on any atom is 0.322 e. The number of halogens is 3. The van der Waals surface area contributed by atoms with E-state index in [1.165, 1.54) is 12.1 Å². The zero-order valence-corrected chi connectivity index (χ0v) is 20.4. The fourth-order valence-corrected chi connectivity index (χ4v) is 4.61. The summed E-state index contributed by atoms with van der Waals surface area (Å²) in [5.74, 6) is -3.08. The Morgan fingerprint density at radius 3 is 2.72 bits per heavy atom. The number of aryl methyl sites for hydroxylation is 1. The molecule has 196 valence electrons. The Balaban J connectivity index is 1.64. The average Bonchev–Trinajstić information content (AvgIpc) is 2.83. The van der Waals surface area contributed by atoms with E-state index in [-0.39, 0.29) is 37.8 Å². The van der Waals surface area contributed by atoms with Crippen LogP contribution in [0.1, 0.15) is 18.9 Å². The molecule has 2 saturated heterocycles. The number of ether oxygens (including phenoxy) is 2. The number of alkyl halides is 2. The van der Waals surface area contributed by atoms with E-state index in [4.69, 9.17) is 9.47 Å². The molecule has 8 nitrogen and oxygen atoms in total. The Bertz CT molecular complexity index is 1100. The van der Waals surface area contributed by atoms with Gasteiger partial charge in [-0.3, -0.25) is 0 Å². The summed E-state index contributed by atoms with van der Waals surface area (Å²) >= 11 is 0. The lowest BCUT2D eigenvalue weighted by Gasteiger charge is -2.36. The topological polar surface area (TPSA) is 87.2 Å². The number of aliphatic hydroxyl groups is 1. The van der Waals surface area contributed by atoms with Gasteiger partial charge in [-0.1, -0.05) is 6.92 Å². The van der Waals surface area contributed by atoms with E-state index >= 15 is 0 Å². The van der Waals surface area contributed by atoms with E-state index < -0.39 is 24.3 Å². The van der Waals surface area contributed by atoms with Crippen LogP contribution < -0.4 is 15.0 Å². The van der Waals surface area contributed by atoms with Gasteiger partial charge < -0.3 is 29.7 Å². The summed E-state index contributed by atoms with van der Waals surface area (Å²) in [7, 11) is 0. The number of benzene rings is 1. The number of piperidine rings is 1. The first-order valence-electron chi connectivity index (χ1n) is 12.0. The van der Waals surface area contributed by atoms with Crippen LogP contribution in [0.25, 0.3) is 11.1 Å². The van der Waals surface area contributed by atoms with E-state index in [2.05, 4.69) is 10.3 Å². The van der Waals surface area contributed by atoms with E-state index in [0.29, 0.717) is 54.7 Å². The summed E-state index contributed by atoms with van der Waals surface area (Å²) in [6.07, 6.45) is -0.284. The van der Waals surface area contributed by atoms with E-state index in [9.17, 15) is 23.1 Å². The van der Waals surface area contributed by atoms with E-state index in [1.54, 1.807) is 19.9 Å². The van der Waals surface area contributed by atoms with Crippen molar-refractivity contribution in [1.29, 1.82) is 0 Å². The molecule has 0 bridgehead atoms. The number of hydrogen-bond donors (Lipinski definition) is 2. The van der Waals surface area contributed by atoms with Gasteiger partial charge in [0.1, 0.15) is 18.2 Å². The summed E-state index contributed by atoms with van der Waals surface area (Å²) in [5.41, 5.74) is 1.79. The van der Waals surface area contributed by atoms with Crippen molar-refractivity contribution in [1.82, 2.24) is 9.88 Å². The first kappa shape index (κ1) is 26.0. The average molecular weight is 509 g/mol. The number of anilines is 2. The molecule has 0 spiro atoms. The van der Waals surface area contributed by atoms with Crippen LogP contribution in [0.4, 0.5) is 29.5 Å². The molecule has 2 aliphatic rings. The number of pyridine rings is 1. The lowest BCUT2D eigenvalue weighted by molar-refractivity contribution is -0.0680. The fourth-order valence-electron chi connectivity index (χ4n) is 4.61. The van der Waals surface area contributed by atoms with Crippen LogP contribution in [0.3, 0.4) is 0 Å². The molecule has 2 aromatic rings. The van der Waals surface area contributed by atoms with Crippen molar-refractivity contribution >= 4 is 17.5 Å². The third-order valence-corrected chi connectivity index (χ3v) is 6.22. The van der Waals surface area contributed by atoms with E-state index in [0.717, 1.165) is 4.90 Å². The van der Waals surface area contributed by atoms with Crippen LogP contribution in [-0.4, -0.2) is 79.6 Å². The molecule has 1 aromatic carbocycles. The molecule has 0 aliphatic carbocycles. The van der Waals surface area contributed by atoms with Gasteiger partial charge in [0.25, 0.3) is 5.92 Å².